The molecular weight excluding hydrogens is 499 g/mol. The zero-order chi connectivity index (χ0) is 27.3. The van der Waals surface area contributed by atoms with E-state index in [4.69, 9.17) is 0 Å². The number of carbonyl (C=O) groups is 2. The average Bonchev–Trinajstić information content (AvgIpc) is 2.89. The number of pyridine rings is 1. The van der Waals surface area contributed by atoms with Gasteiger partial charge in [-0.1, -0.05) is 30.3 Å². The van der Waals surface area contributed by atoms with Crippen LogP contribution in [-0.4, -0.2) is 40.7 Å². The summed E-state index contributed by atoms with van der Waals surface area (Å²) in [5.74, 6) is -0.582. The molecule has 38 heavy (non-hydrogen) atoms. The molecular formula is C28H26F3N3O4. The number of halogens is 3. The molecule has 1 fully saturated rings. The summed E-state index contributed by atoms with van der Waals surface area (Å²) in [7, 11) is 1.54. The Labute approximate surface area is 217 Å². The Hall–Kier alpha value is -4.34. The molecule has 1 aromatic heterocycles. The number of aromatic nitrogens is 1. The number of rotatable bonds is 6. The van der Waals surface area contributed by atoms with Crippen molar-refractivity contribution in [2.45, 2.75) is 25.1 Å². The van der Waals surface area contributed by atoms with E-state index in [1.54, 1.807) is 30.2 Å². The Morgan fingerprint density at radius 3 is 2.26 bits per heavy atom. The fourth-order valence-electron chi connectivity index (χ4n) is 4.31. The second-order valence-electron chi connectivity index (χ2n) is 8.93. The molecule has 7 nitrogen and oxygen atoms in total. The molecule has 3 aromatic rings. The van der Waals surface area contributed by atoms with Crippen LogP contribution in [0.5, 0.6) is 5.75 Å². The lowest BCUT2D eigenvalue weighted by atomic mass is 9.89. The highest BCUT2D eigenvalue weighted by Crippen LogP contribution is 2.29. The van der Waals surface area contributed by atoms with Crippen LogP contribution in [0, 0.1) is 0 Å². The Bertz CT molecular complexity index is 1370. The summed E-state index contributed by atoms with van der Waals surface area (Å²) in [6.45, 7) is 1.15. The Kier molecular flexibility index (Phi) is 7.99. The predicted octanol–water partition coefficient (Wildman–Crippen LogP) is 4.96. The van der Waals surface area contributed by atoms with Crippen LogP contribution < -0.4 is 15.6 Å². The second kappa shape index (κ2) is 11.4. The van der Waals surface area contributed by atoms with E-state index in [0.29, 0.717) is 24.3 Å². The topological polar surface area (TPSA) is 80.6 Å². The van der Waals surface area contributed by atoms with E-state index in [2.05, 4.69) is 10.1 Å². The van der Waals surface area contributed by atoms with Crippen molar-refractivity contribution in [2.75, 3.05) is 18.4 Å². The third-order valence-corrected chi connectivity index (χ3v) is 6.40. The summed E-state index contributed by atoms with van der Waals surface area (Å²) < 4.78 is 41.9. The lowest BCUT2D eigenvalue weighted by Gasteiger charge is -2.31. The summed E-state index contributed by atoms with van der Waals surface area (Å²) >= 11 is 0. The molecule has 1 aliphatic rings. The number of carbonyl (C=O) groups excluding carboxylic acids is 2. The maximum Gasteiger partial charge on any atom is 0.573 e. The number of nitrogens with zero attached hydrogens (tertiary/aromatic N) is 2. The maximum absolute atomic E-state index is 12.6. The third-order valence-electron chi connectivity index (χ3n) is 6.40. The summed E-state index contributed by atoms with van der Waals surface area (Å²) in [6, 6.07) is 17.3. The molecule has 0 aliphatic carbocycles. The van der Waals surface area contributed by atoms with Gasteiger partial charge in [-0.05, 0) is 66.3 Å². The van der Waals surface area contributed by atoms with Crippen LogP contribution in [-0.2, 0) is 11.8 Å². The molecule has 1 aliphatic heterocycles. The van der Waals surface area contributed by atoms with Gasteiger partial charge < -0.3 is 19.5 Å². The molecule has 10 heteroatoms. The van der Waals surface area contributed by atoms with Crippen molar-refractivity contribution in [1.82, 2.24) is 9.47 Å². The number of benzene rings is 2. The normalized spacial score (nSPS) is 14.5. The monoisotopic (exact) mass is 525 g/mol. The first-order valence-electron chi connectivity index (χ1n) is 12.0. The van der Waals surface area contributed by atoms with Gasteiger partial charge in [-0.15, -0.1) is 13.2 Å². The predicted molar refractivity (Wildman–Crippen MR) is 137 cm³/mol. The number of hydrogen-bond acceptors (Lipinski definition) is 4. The molecule has 1 saturated heterocycles. The molecule has 2 amide bonds. The van der Waals surface area contributed by atoms with E-state index in [-0.39, 0.29) is 34.7 Å². The highest BCUT2D eigenvalue weighted by atomic mass is 19.4. The smallest absolute Gasteiger partial charge is 0.406 e. The number of anilines is 1. The van der Waals surface area contributed by atoms with Gasteiger partial charge in [0.05, 0.1) is 0 Å². The first-order chi connectivity index (χ1) is 18.1. The first kappa shape index (κ1) is 26.7. The lowest BCUT2D eigenvalue weighted by molar-refractivity contribution is -0.274. The lowest BCUT2D eigenvalue weighted by Crippen LogP contribution is -2.36. The van der Waals surface area contributed by atoms with Gasteiger partial charge in [0.2, 0.25) is 5.91 Å². The first-order valence-corrected chi connectivity index (χ1v) is 12.0. The number of piperidine rings is 1. The standard InChI is InChI=1S/C28H26F3N3O4/c1-33-24(3-2-4-25(33)35)27(37)32-22-10-8-20(9-11-22)21-15-17-34(18-16-21)26(36)14-7-19-5-12-23(13-6-19)38-28(29,30)31/h2-14,21H,15-18H2,1H3,(H,32,37)/b14-7+. The number of alkyl halides is 3. The van der Waals surface area contributed by atoms with Crippen molar-refractivity contribution in [1.29, 1.82) is 0 Å². The molecule has 0 radical (unpaired) electrons. The summed E-state index contributed by atoms with van der Waals surface area (Å²) in [4.78, 5) is 38.6. The number of ether oxygens (including phenoxy) is 1. The van der Waals surface area contributed by atoms with E-state index >= 15 is 0 Å². The average molecular weight is 526 g/mol. The van der Waals surface area contributed by atoms with Gasteiger partial charge in [0.25, 0.3) is 11.5 Å². The van der Waals surface area contributed by atoms with E-state index in [1.807, 2.05) is 24.3 Å². The van der Waals surface area contributed by atoms with Gasteiger partial charge in [0, 0.05) is 38.0 Å². The molecule has 0 atom stereocenters. The van der Waals surface area contributed by atoms with Crippen molar-refractivity contribution in [3.63, 3.8) is 0 Å². The summed E-state index contributed by atoms with van der Waals surface area (Å²) in [6.07, 6.45) is -0.212. The molecule has 0 saturated carbocycles. The molecule has 4 rings (SSSR count). The van der Waals surface area contributed by atoms with Crippen LogP contribution in [0.1, 0.15) is 40.4 Å². The van der Waals surface area contributed by atoms with Gasteiger partial charge in [-0.3, -0.25) is 14.4 Å². The zero-order valence-corrected chi connectivity index (χ0v) is 20.6. The van der Waals surface area contributed by atoms with E-state index < -0.39 is 6.36 Å². The van der Waals surface area contributed by atoms with Crippen molar-refractivity contribution in [3.05, 3.63) is 100.0 Å². The number of nitrogens with one attached hydrogen (secondary N) is 1. The van der Waals surface area contributed by atoms with Crippen molar-refractivity contribution >= 4 is 23.6 Å². The molecule has 2 aromatic carbocycles. The van der Waals surface area contributed by atoms with Gasteiger partial charge >= 0.3 is 6.36 Å². The van der Waals surface area contributed by atoms with Crippen LogP contribution in [0.15, 0.2) is 77.6 Å². The second-order valence-corrected chi connectivity index (χ2v) is 8.93. The van der Waals surface area contributed by atoms with Crippen LogP contribution in [0.25, 0.3) is 6.08 Å². The maximum atomic E-state index is 12.6. The van der Waals surface area contributed by atoms with Crippen LogP contribution >= 0.6 is 0 Å². The van der Waals surface area contributed by atoms with E-state index in [9.17, 15) is 27.6 Å². The number of hydrogen-bond donors (Lipinski definition) is 1. The van der Waals surface area contributed by atoms with E-state index in [0.717, 1.165) is 18.4 Å². The highest BCUT2D eigenvalue weighted by molar-refractivity contribution is 6.03. The molecule has 198 valence electrons. The minimum Gasteiger partial charge on any atom is -0.406 e. The SMILES string of the molecule is Cn1c(C(=O)Nc2ccc(C3CCN(C(=O)/C=C/c4ccc(OC(F)(F)F)cc4)CC3)cc2)cccc1=O. The molecule has 0 spiro atoms. The van der Waals surface area contributed by atoms with Gasteiger partial charge in [0.1, 0.15) is 11.4 Å². The highest BCUT2D eigenvalue weighted by Gasteiger charge is 2.31. The summed E-state index contributed by atoms with van der Waals surface area (Å²) in [5, 5.41) is 2.80. The largest absolute Gasteiger partial charge is 0.573 e. The van der Waals surface area contributed by atoms with Crippen molar-refractivity contribution in [2.24, 2.45) is 7.05 Å². The van der Waals surface area contributed by atoms with E-state index in [1.165, 1.54) is 41.0 Å². The van der Waals surface area contributed by atoms with Gasteiger partial charge in [-0.2, -0.15) is 0 Å². The summed E-state index contributed by atoms with van der Waals surface area (Å²) in [5.41, 5.74) is 2.32. The Morgan fingerprint density at radius 1 is 0.974 bits per heavy atom. The number of amides is 2. The fourth-order valence-corrected chi connectivity index (χ4v) is 4.31. The number of likely N-dealkylation sites (tertiary alicyclic amines) is 1. The van der Waals surface area contributed by atoms with Crippen molar-refractivity contribution in [3.8, 4) is 5.75 Å². The Morgan fingerprint density at radius 2 is 1.63 bits per heavy atom. The fraction of sp³-hybridized carbons (Fsp3) is 0.250. The van der Waals surface area contributed by atoms with Gasteiger partial charge in [-0.25, -0.2) is 0 Å². The quantitative estimate of drug-likeness (QED) is 0.462. The van der Waals surface area contributed by atoms with Crippen LogP contribution in [0.2, 0.25) is 0 Å². The van der Waals surface area contributed by atoms with Crippen LogP contribution in [0.3, 0.4) is 0 Å². The molecule has 0 bridgehead atoms. The third kappa shape index (κ3) is 6.90. The zero-order valence-electron chi connectivity index (χ0n) is 20.6. The minimum atomic E-state index is -4.75. The molecule has 1 N–H and O–H groups in total. The van der Waals surface area contributed by atoms with Crippen LogP contribution in [0.4, 0.5) is 18.9 Å². The van der Waals surface area contributed by atoms with Gasteiger partial charge in [0.15, 0.2) is 0 Å². The van der Waals surface area contributed by atoms with Crippen molar-refractivity contribution < 1.29 is 27.5 Å². The molecule has 2 heterocycles. The Balaban J connectivity index is 1.28. The molecule has 0 unspecified atom stereocenters. The minimum absolute atomic E-state index is 0.160.